The molecule has 1 atom stereocenters. The topological polar surface area (TPSA) is 86.7 Å². The van der Waals surface area contributed by atoms with Crippen LogP contribution in [0.2, 0.25) is 0 Å². The van der Waals surface area contributed by atoms with Crippen molar-refractivity contribution < 1.29 is 18.3 Å². The number of aliphatic hydroxyl groups excluding tert-OH is 1. The summed E-state index contributed by atoms with van der Waals surface area (Å²) in [5.41, 5.74) is 1.06. The van der Waals surface area contributed by atoms with Crippen LogP contribution in [0.3, 0.4) is 0 Å². The number of thioether (sulfide) groups is 1. The molecule has 2 rings (SSSR count). The van der Waals surface area contributed by atoms with Crippen LogP contribution in [0.4, 0.5) is 0 Å². The van der Waals surface area contributed by atoms with Crippen LogP contribution in [0.25, 0.3) is 0 Å². The van der Waals surface area contributed by atoms with Crippen molar-refractivity contribution in [2.24, 2.45) is 0 Å². The van der Waals surface area contributed by atoms with E-state index in [0.717, 1.165) is 10.5 Å². The van der Waals surface area contributed by atoms with Gasteiger partial charge in [0.25, 0.3) is 5.91 Å². The van der Waals surface area contributed by atoms with E-state index >= 15 is 0 Å². The fraction of sp³-hybridized carbons (Fsp3) is 0.350. The second-order valence-corrected chi connectivity index (χ2v) is 8.93. The number of benzene rings is 2. The van der Waals surface area contributed by atoms with Crippen molar-refractivity contribution in [1.29, 1.82) is 0 Å². The minimum Gasteiger partial charge on any atom is -0.387 e. The Hall–Kier alpha value is -1.87. The standard InChI is InChI=1S/C20H26N2O4S2/c1-4-22(5-2)28(25,26)18-12-8-16(9-13-18)20(24)21-14-19(23)15-6-10-17(27-3)11-7-15/h6-13,19,23H,4-5,14H2,1-3H3,(H,21,24). The number of hydrogen-bond donors (Lipinski definition) is 2. The molecule has 2 aromatic rings. The van der Waals surface area contributed by atoms with Gasteiger partial charge >= 0.3 is 0 Å². The van der Waals surface area contributed by atoms with E-state index in [-0.39, 0.29) is 17.3 Å². The average Bonchev–Trinajstić information content (AvgIpc) is 2.72. The largest absolute Gasteiger partial charge is 0.387 e. The fourth-order valence-corrected chi connectivity index (χ4v) is 4.59. The van der Waals surface area contributed by atoms with Crippen molar-refractivity contribution in [1.82, 2.24) is 9.62 Å². The SMILES string of the molecule is CCN(CC)S(=O)(=O)c1ccc(C(=O)NCC(O)c2ccc(SC)cc2)cc1. The highest BCUT2D eigenvalue weighted by atomic mass is 32.2. The van der Waals surface area contributed by atoms with E-state index in [1.54, 1.807) is 25.6 Å². The van der Waals surface area contributed by atoms with Crippen LogP contribution in [-0.4, -0.2) is 49.6 Å². The summed E-state index contributed by atoms with van der Waals surface area (Å²) in [5, 5.41) is 12.9. The average molecular weight is 423 g/mol. The van der Waals surface area contributed by atoms with E-state index in [2.05, 4.69) is 5.32 Å². The minimum atomic E-state index is -3.55. The van der Waals surface area contributed by atoms with Crippen LogP contribution in [0.15, 0.2) is 58.3 Å². The van der Waals surface area contributed by atoms with Gasteiger partial charge in [0.05, 0.1) is 11.0 Å². The first kappa shape index (κ1) is 22.4. The molecule has 0 spiro atoms. The summed E-state index contributed by atoms with van der Waals surface area (Å²) in [4.78, 5) is 13.6. The van der Waals surface area contributed by atoms with Gasteiger partial charge in [-0.05, 0) is 48.2 Å². The molecule has 2 aromatic carbocycles. The van der Waals surface area contributed by atoms with Crippen LogP contribution in [0.5, 0.6) is 0 Å². The second-order valence-electron chi connectivity index (χ2n) is 6.11. The Labute approximate surface area is 171 Å². The molecule has 0 aliphatic carbocycles. The zero-order valence-corrected chi connectivity index (χ0v) is 17.9. The molecular formula is C20H26N2O4S2. The van der Waals surface area contributed by atoms with Crippen molar-refractivity contribution >= 4 is 27.7 Å². The van der Waals surface area contributed by atoms with E-state index in [1.165, 1.54) is 28.6 Å². The number of hydrogen-bond acceptors (Lipinski definition) is 5. The van der Waals surface area contributed by atoms with E-state index < -0.39 is 16.1 Å². The van der Waals surface area contributed by atoms with Gasteiger partial charge in [-0.2, -0.15) is 4.31 Å². The maximum atomic E-state index is 12.5. The zero-order valence-electron chi connectivity index (χ0n) is 16.3. The number of carbonyl (C=O) groups excluding carboxylic acids is 1. The van der Waals surface area contributed by atoms with E-state index in [9.17, 15) is 18.3 Å². The Balaban J connectivity index is 2.00. The third-order valence-corrected chi connectivity index (χ3v) is 7.22. The first-order valence-corrected chi connectivity index (χ1v) is 11.7. The Bertz CT molecular complexity index is 877. The van der Waals surface area contributed by atoms with E-state index in [1.807, 2.05) is 30.5 Å². The lowest BCUT2D eigenvalue weighted by Crippen LogP contribution is -2.31. The monoisotopic (exact) mass is 422 g/mol. The molecule has 1 amide bonds. The molecule has 28 heavy (non-hydrogen) atoms. The highest BCUT2D eigenvalue weighted by Crippen LogP contribution is 2.19. The third-order valence-electron chi connectivity index (χ3n) is 4.42. The Morgan fingerprint density at radius 1 is 1.07 bits per heavy atom. The van der Waals surface area contributed by atoms with Crippen LogP contribution in [0.1, 0.15) is 35.9 Å². The van der Waals surface area contributed by atoms with Gasteiger partial charge < -0.3 is 10.4 Å². The lowest BCUT2D eigenvalue weighted by atomic mass is 10.1. The summed E-state index contributed by atoms with van der Waals surface area (Å²) in [6, 6.07) is 13.3. The van der Waals surface area contributed by atoms with Gasteiger partial charge in [-0.15, -0.1) is 11.8 Å². The minimum absolute atomic E-state index is 0.0664. The lowest BCUT2D eigenvalue weighted by Gasteiger charge is -2.18. The number of nitrogens with one attached hydrogen (secondary N) is 1. The van der Waals surface area contributed by atoms with Crippen LogP contribution in [-0.2, 0) is 10.0 Å². The highest BCUT2D eigenvalue weighted by Gasteiger charge is 2.21. The van der Waals surface area contributed by atoms with Crippen LogP contribution >= 0.6 is 11.8 Å². The van der Waals surface area contributed by atoms with Crippen molar-refractivity contribution in [3.63, 3.8) is 0 Å². The summed E-state index contributed by atoms with van der Waals surface area (Å²) < 4.78 is 26.3. The molecule has 0 fully saturated rings. The molecule has 0 aromatic heterocycles. The Morgan fingerprint density at radius 3 is 2.14 bits per heavy atom. The number of amides is 1. The molecule has 1 unspecified atom stereocenters. The third kappa shape index (κ3) is 5.35. The Kier molecular flexibility index (Phi) is 8.06. The molecule has 0 radical (unpaired) electrons. The first-order chi connectivity index (χ1) is 13.3. The number of aliphatic hydroxyl groups is 1. The van der Waals surface area contributed by atoms with Crippen molar-refractivity contribution in [2.75, 3.05) is 25.9 Å². The molecule has 8 heteroatoms. The smallest absolute Gasteiger partial charge is 0.251 e. The van der Waals surface area contributed by atoms with Crippen molar-refractivity contribution in [2.45, 2.75) is 29.7 Å². The van der Waals surface area contributed by atoms with E-state index in [4.69, 9.17) is 0 Å². The summed E-state index contributed by atoms with van der Waals surface area (Å²) >= 11 is 1.61. The summed E-state index contributed by atoms with van der Waals surface area (Å²) in [5.74, 6) is -0.369. The molecule has 152 valence electrons. The van der Waals surface area contributed by atoms with Crippen LogP contribution < -0.4 is 5.32 Å². The molecule has 0 aliphatic rings. The molecule has 0 bridgehead atoms. The van der Waals surface area contributed by atoms with Gasteiger partial charge in [0, 0.05) is 30.1 Å². The molecule has 6 nitrogen and oxygen atoms in total. The Morgan fingerprint density at radius 2 is 1.64 bits per heavy atom. The predicted molar refractivity (Wildman–Crippen MR) is 112 cm³/mol. The maximum absolute atomic E-state index is 12.5. The van der Waals surface area contributed by atoms with Gasteiger partial charge in [0.2, 0.25) is 10.0 Å². The summed E-state index contributed by atoms with van der Waals surface area (Å²) in [6.07, 6.45) is 1.16. The van der Waals surface area contributed by atoms with Gasteiger partial charge in [0.15, 0.2) is 0 Å². The number of sulfonamides is 1. The number of carbonyl (C=O) groups is 1. The van der Waals surface area contributed by atoms with Gasteiger partial charge in [-0.25, -0.2) is 8.42 Å². The predicted octanol–water partition coefficient (Wildman–Crippen LogP) is 2.90. The van der Waals surface area contributed by atoms with Crippen molar-refractivity contribution in [3.8, 4) is 0 Å². The molecule has 0 saturated carbocycles. The normalized spacial score (nSPS) is 12.8. The highest BCUT2D eigenvalue weighted by molar-refractivity contribution is 7.98. The van der Waals surface area contributed by atoms with Crippen LogP contribution in [0, 0.1) is 0 Å². The first-order valence-electron chi connectivity index (χ1n) is 9.03. The lowest BCUT2D eigenvalue weighted by molar-refractivity contribution is 0.0916. The summed E-state index contributed by atoms with van der Waals surface area (Å²) in [6.45, 7) is 4.40. The fourth-order valence-electron chi connectivity index (χ4n) is 2.73. The molecular weight excluding hydrogens is 396 g/mol. The summed E-state index contributed by atoms with van der Waals surface area (Å²) in [7, 11) is -3.55. The van der Waals surface area contributed by atoms with Gasteiger partial charge in [-0.1, -0.05) is 26.0 Å². The molecule has 0 aliphatic heterocycles. The number of rotatable bonds is 9. The zero-order chi connectivity index (χ0) is 20.7. The molecule has 0 heterocycles. The van der Waals surface area contributed by atoms with Crippen molar-refractivity contribution in [3.05, 3.63) is 59.7 Å². The van der Waals surface area contributed by atoms with E-state index in [0.29, 0.717) is 18.7 Å². The van der Waals surface area contributed by atoms with Gasteiger partial charge in [0.1, 0.15) is 0 Å². The molecule has 0 saturated heterocycles. The molecule has 2 N–H and O–H groups in total. The quantitative estimate of drug-likeness (QED) is 0.607. The van der Waals surface area contributed by atoms with Gasteiger partial charge in [-0.3, -0.25) is 4.79 Å². The maximum Gasteiger partial charge on any atom is 0.251 e. The number of nitrogens with zero attached hydrogens (tertiary/aromatic N) is 1. The second kappa shape index (κ2) is 10.1.